The largest absolute Gasteiger partial charge is 0.248 e. The highest BCUT2D eigenvalue weighted by Gasteiger charge is 2.54. The van der Waals surface area contributed by atoms with E-state index in [9.17, 15) is 0 Å². The van der Waals surface area contributed by atoms with E-state index >= 15 is 0 Å². The van der Waals surface area contributed by atoms with Gasteiger partial charge in [0.25, 0.3) is 0 Å². The molecule has 0 aromatic heterocycles. The summed E-state index contributed by atoms with van der Waals surface area (Å²) in [5, 5.41) is 5.79. The predicted molar refractivity (Wildman–Crippen MR) is 113 cm³/mol. The Hall–Kier alpha value is -2.71. The maximum absolute atomic E-state index is 5.12. The molecule has 0 saturated carbocycles. The van der Waals surface area contributed by atoms with Gasteiger partial charge in [-0.15, -0.1) is 0 Å². The average Bonchev–Trinajstić information content (AvgIpc) is 3.33. The molecule has 2 aliphatic heterocycles. The molecule has 0 unspecified atom stereocenters. The second kappa shape index (κ2) is 4.71. The molecule has 26 heavy (non-hydrogen) atoms. The first-order valence-electron chi connectivity index (χ1n) is 9.31. The minimum Gasteiger partial charge on any atom is -0.248 e. The van der Waals surface area contributed by atoms with Crippen molar-refractivity contribution >= 4 is 30.3 Å². The molecule has 0 amide bonds. The molecule has 2 heterocycles. The van der Waals surface area contributed by atoms with Gasteiger partial charge in [-0.05, 0) is 50.9 Å². The van der Waals surface area contributed by atoms with Crippen LogP contribution >= 0.6 is 0 Å². The van der Waals surface area contributed by atoms with Gasteiger partial charge in [-0.1, -0.05) is 67.7 Å². The van der Waals surface area contributed by atoms with Gasteiger partial charge >= 0.3 is 0 Å². The Morgan fingerprint density at radius 3 is 2.62 bits per heavy atom. The van der Waals surface area contributed by atoms with E-state index in [1.807, 2.05) is 0 Å². The zero-order chi connectivity index (χ0) is 17.5. The fourth-order valence-electron chi connectivity index (χ4n) is 4.95. The number of benzene rings is 2. The molecule has 0 saturated heterocycles. The van der Waals surface area contributed by atoms with E-state index in [-0.39, 0.29) is 0 Å². The Morgan fingerprint density at radius 1 is 0.962 bits per heavy atom. The molecule has 0 bridgehead atoms. The summed E-state index contributed by atoms with van der Waals surface area (Å²) in [6.07, 6.45) is 10.1. The van der Waals surface area contributed by atoms with Gasteiger partial charge in [0.15, 0.2) is 0 Å². The van der Waals surface area contributed by atoms with E-state index in [1.54, 1.807) is 10.4 Å². The van der Waals surface area contributed by atoms with Crippen molar-refractivity contribution in [1.29, 1.82) is 0 Å². The second-order valence-corrected chi connectivity index (χ2v) is 12.3. The van der Waals surface area contributed by atoms with E-state index in [0.717, 1.165) is 6.42 Å². The normalized spacial score (nSPS) is 21.8. The number of hydrogen-bond acceptors (Lipinski definition) is 1. The third kappa shape index (κ3) is 1.68. The Morgan fingerprint density at radius 2 is 1.81 bits per heavy atom. The topological polar surface area (TPSA) is 12.4 Å². The van der Waals surface area contributed by atoms with Crippen molar-refractivity contribution in [1.82, 2.24) is 0 Å². The van der Waals surface area contributed by atoms with Crippen molar-refractivity contribution in [2.75, 3.05) is 0 Å². The van der Waals surface area contributed by atoms with Gasteiger partial charge in [-0.25, -0.2) is 4.99 Å². The maximum atomic E-state index is 5.12. The van der Waals surface area contributed by atoms with Crippen LogP contribution in [0, 0.1) is 0 Å². The summed E-state index contributed by atoms with van der Waals surface area (Å²) in [7, 11) is -1.60. The fourth-order valence-corrected chi connectivity index (χ4v) is 8.46. The molecule has 2 aromatic rings. The van der Waals surface area contributed by atoms with Crippen LogP contribution in [-0.4, -0.2) is 13.8 Å². The number of allylic oxidation sites excluding steroid dienone is 9. The van der Waals surface area contributed by atoms with Crippen molar-refractivity contribution in [3.05, 3.63) is 99.4 Å². The van der Waals surface area contributed by atoms with Gasteiger partial charge < -0.3 is 0 Å². The Labute approximate surface area is 154 Å². The number of nitrogens with zero attached hydrogens (tertiary/aromatic N) is 1. The van der Waals surface area contributed by atoms with Crippen molar-refractivity contribution in [3.8, 4) is 0 Å². The van der Waals surface area contributed by atoms with Gasteiger partial charge in [-0.2, -0.15) is 0 Å². The third-order valence-electron chi connectivity index (χ3n) is 6.17. The Kier molecular flexibility index (Phi) is 2.62. The van der Waals surface area contributed by atoms with E-state index in [4.69, 9.17) is 4.99 Å². The van der Waals surface area contributed by atoms with Crippen molar-refractivity contribution < 1.29 is 0 Å². The molecule has 124 valence electrons. The van der Waals surface area contributed by atoms with Crippen LogP contribution in [0.1, 0.15) is 12.0 Å². The van der Waals surface area contributed by atoms with Gasteiger partial charge in [-0.3, -0.25) is 0 Å². The zero-order valence-corrected chi connectivity index (χ0v) is 16.0. The molecule has 0 atom stereocenters. The summed E-state index contributed by atoms with van der Waals surface area (Å²) in [5.74, 6) is 0. The summed E-state index contributed by atoms with van der Waals surface area (Å²) in [6, 6.07) is 15.4. The van der Waals surface area contributed by atoms with E-state index in [0.29, 0.717) is 0 Å². The molecule has 0 radical (unpaired) electrons. The van der Waals surface area contributed by atoms with Crippen molar-refractivity contribution in [2.24, 2.45) is 4.99 Å². The fraction of sp³-hybridized carbons (Fsp3) is 0.125. The molecule has 0 spiro atoms. The highest BCUT2D eigenvalue weighted by Crippen LogP contribution is 2.57. The number of hydrogen-bond donors (Lipinski definition) is 0. The number of fused-ring (bicyclic) bond motifs is 1. The average molecular weight is 350 g/mol. The van der Waals surface area contributed by atoms with Crippen LogP contribution in [0.3, 0.4) is 0 Å². The molecular weight excluding hydrogens is 330 g/mol. The third-order valence-corrected chi connectivity index (χ3v) is 9.67. The summed E-state index contributed by atoms with van der Waals surface area (Å²) in [6.45, 7) is 4.98. The molecule has 2 heteroatoms. The van der Waals surface area contributed by atoms with Crippen molar-refractivity contribution in [3.63, 3.8) is 0 Å². The lowest BCUT2D eigenvalue weighted by Crippen LogP contribution is -2.43. The number of aliphatic imine (C=N–C) groups is 1. The maximum Gasteiger partial charge on any atom is 0.117 e. The molecule has 2 aliphatic carbocycles. The second-order valence-electron chi connectivity index (χ2n) is 8.04. The van der Waals surface area contributed by atoms with Crippen LogP contribution in [0.4, 0.5) is 0 Å². The van der Waals surface area contributed by atoms with E-state index in [1.165, 1.54) is 44.5 Å². The van der Waals surface area contributed by atoms with E-state index in [2.05, 4.69) is 79.9 Å². The highest BCUT2D eigenvalue weighted by molar-refractivity contribution is 6.99. The molecule has 1 nitrogen and oxygen atoms in total. The quantitative estimate of drug-likeness (QED) is 0.596. The molecular formula is C24H19NSi. The monoisotopic (exact) mass is 349 g/mol. The van der Waals surface area contributed by atoms with Crippen LogP contribution in [0.15, 0.2) is 98.9 Å². The molecule has 2 aromatic carbocycles. The van der Waals surface area contributed by atoms with Crippen molar-refractivity contribution in [2.45, 2.75) is 19.5 Å². The van der Waals surface area contributed by atoms with Gasteiger partial charge in [0, 0.05) is 11.1 Å². The summed E-state index contributed by atoms with van der Waals surface area (Å²) < 4.78 is 0. The predicted octanol–water partition coefficient (Wildman–Crippen LogP) is 5.93. The Bertz CT molecular complexity index is 1210. The van der Waals surface area contributed by atoms with Gasteiger partial charge in [0.05, 0.1) is 11.4 Å². The van der Waals surface area contributed by atoms with Gasteiger partial charge in [0.1, 0.15) is 8.07 Å². The first-order chi connectivity index (χ1) is 12.6. The first-order valence-corrected chi connectivity index (χ1v) is 12.3. The molecule has 6 rings (SSSR count). The Balaban J connectivity index is 1.52. The summed E-state index contributed by atoms with van der Waals surface area (Å²) in [4.78, 5) is 5.12. The standard InChI is InChI=1S/C24H19NSi/c1-26(2)23-19(16-8-4-5-9-16)14-20-21(23)24(26)22(25-20)18-12-11-15-7-3-6-10-17(15)13-18/h3-8,10-14H,9H2,1-2H3. The molecule has 0 fully saturated rings. The SMILES string of the molecule is C[Si]1(C)C2=C3C(=NC(c4ccc5ccccc5c4)=C31)C=C2C1=CC=CC1. The lowest BCUT2D eigenvalue weighted by molar-refractivity contribution is 1.26. The summed E-state index contributed by atoms with van der Waals surface area (Å²) in [5.41, 5.74) is 8.11. The smallest absolute Gasteiger partial charge is 0.117 e. The lowest BCUT2D eigenvalue weighted by Gasteiger charge is -2.39. The van der Waals surface area contributed by atoms with E-state index < -0.39 is 8.07 Å². The minimum atomic E-state index is -1.60. The zero-order valence-electron chi connectivity index (χ0n) is 15.0. The van der Waals surface area contributed by atoms with Crippen LogP contribution in [-0.2, 0) is 0 Å². The number of rotatable bonds is 2. The molecule has 4 aliphatic rings. The minimum absolute atomic E-state index is 1.07. The van der Waals surface area contributed by atoms with Gasteiger partial charge in [0.2, 0.25) is 0 Å². The van der Waals surface area contributed by atoms with Crippen LogP contribution in [0.25, 0.3) is 16.5 Å². The summed E-state index contributed by atoms with van der Waals surface area (Å²) >= 11 is 0. The van der Waals surface area contributed by atoms with Crippen LogP contribution in [0.2, 0.25) is 13.1 Å². The molecule has 0 N–H and O–H groups in total. The van der Waals surface area contributed by atoms with Crippen LogP contribution < -0.4 is 0 Å². The highest BCUT2D eigenvalue weighted by atomic mass is 28.3. The first kappa shape index (κ1) is 14.5. The lowest BCUT2D eigenvalue weighted by atomic mass is 10.0. The van der Waals surface area contributed by atoms with Crippen LogP contribution in [0.5, 0.6) is 0 Å².